The highest BCUT2D eigenvalue weighted by molar-refractivity contribution is 9.10. The average Bonchev–Trinajstić information content (AvgIpc) is 2.38. The Morgan fingerprint density at radius 1 is 1.05 bits per heavy atom. The SMILES string of the molecule is CNc1ccc(Oc2cc(Br)ccc2C(F)(F)F)cc1. The number of benzene rings is 2. The van der Waals surface area contributed by atoms with Gasteiger partial charge in [-0.05, 0) is 42.5 Å². The molecule has 6 heteroatoms. The largest absolute Gasteiger partial charge is 0.457 e. The Balaban J connectivity index is 2.34. The zero-order valence-corrected chi connectivity index (χ0v) is 12.0. The highest BCUT2D eigenvalue weighted by Crippen LogP contribution is 2.39. The van der Waals surface area contributed by atoms with Crippen LogP contribution in [0.3, 0.4) is 0 Å². The summed E-state index contributed by atoms with van der Waals surface area (Å²) in [5.74, 6) is 0.108. The fourth-order valence-electron chi connectivity index (χ4n) is 1.63. The normalized spacial score (nSPS) is 11.2. The first-order valence-corrected chi connectivity index (χ1v) is 6.52. The molecule has 0 bridgehead atoms. The number of hydrogen-bond acceptors (Lipinski definition) is 2. The molecule has 106 valence electrons. The van der Waals surface area contributed by atoms with Gasteiger partial charge in [0.2, 0.25) is 0 Å². The molecule has 0 saturated carbocycles. The van der Waals surface area contributed by atoms with Crippen LogP contribution in [0.4, 0.5) is 18.9 Å². The first kappa shape index (κ1) is 14.7. The third kappa shape index (κ3) is 3.45. The fourth-order valence-corrected chi connectivity index (χ4v) is 1.97. The monoisotopic (exact) mass is 345 g/mol. The molecule has 0 amide bonds. The number of rotatable bonds is 3. The van der Waals surface area contributed by atoms with Crippen molar-refractivity contribution in [3.8, 4) is 11.5 Å². The predicted molar refractivity (Wildman–Crippen MR) is 75.2 cm³/mol. The molecule has 0 fully saturated rings. The standard InChI is InChI=1S/C14H11BrF3NO/c1-19-10-3-5-11(6-4-10)20-13-8-9(15)2-7-12(13)14(16,17)18/h2-8,19H,1H3. The maximum absolute atomic E-state index is 12.9. The van der Waals surface area contributed by atoms with E-state index in [9.17, 15) is 13.2 Å². The number of hydrogen-bond donors (Lipinski definition) is 1. The summed E-state index contributed by atoms with van der Waals surface area (Å²) in [6, 6.07) is 10.3. The van der Waals surface area contributed by atoms with Crippen LogP contribution in [-0.4, -0.2) is 7.05 Å². The predicted octanol–water partition coefficient (Wildman–Crippen LogP) is 5.30. The smallest absolute Gasteiger partial charge is 0.419 e. The zero-order chi connectivity index (χ0) is 14.8. The molecule has 20 heavy (non-hydrogen) atoms. The van der Waals surface area contributed by atoms with Crippen LogP contribution in [0.15, 0.2) is 46.9 Å². The van der Waals surface area contributed by atoms with Gasteiger partial charge in [-0.15, -0.1) is 0 Å². The minimum atomic E-state index is -4.46. The summed E-state index contributed by atoms with van der Waals surface area (Å²) in [6.45, 7) is 0. The van der Waals surface area contributed by atoms with E-state index in [4.69, 9.17) is 4.74 Å². The van der Waals surface area contributed by atoms with Crippen LogP contribution < -0.4 is 10.1 Å². The lowest BCUT2D eigenvalue weighted by atomic mass is 10.2. The van der Waals surface area contributed by atoms with E-state index in [1.807, 2.05) is 0 Å². The fraction of sp³-hybridized carbons (Fsp3) is 0.143. The summed E-state index contributed by atoms with van der Waals surface area (Å²) in [5, 5.41) is 2.92. The molecular formula is C14H11BrF3NO. The van der Waals surface area contributed by atoms with Gasteiger partial charge < -0.3 is 10.1 Å². The van der Waals surface area contributed by atoms with E-state index in [2.05, 4.69) is 21.2 Å². The van der Waals surface area contributed by atoms with Crippen molar-refractivity contribution < 1.29 is 17.9 Å². The summed E-state index contributed by atoms with van der Waals surface area (Å²) in [6.07, 6.45) is -4.46. The number of nitrogens with one attached hydrogen (secondary N) is 1. The lowest BCUT2D eigenvalue weighted by Crippen LogP contribution is -2.07. The van der Waals surface area contributed by atoms with E-state index in [1.165, 1.54) is 12.1 Å². The minimum absolute atomic E-state index is 0.232. The Morgan fingerprint density at radius 3 is 2.25 bits per heavy atom. The van der Waals surface area contributed by atoms with Crippen molar-refractivity contribution in [1.29, 1.82) is 0 Å². The molecule has 0 aliphatic heterocycles. The lowest BCUT2D eigenvalue weighted by molar-refractivity contribution is -0.138. The van der Waals surface area contributed by atoms with Gasteiger partial charge in [-0.3, -0.25) is 0 Å². The van der Waals surface area contributed by atoms with E-state index in [0.29, 0.717) is 10.2 Å². The van der Waals surface area contributed by atoms with Crippen LogP contribution >= 0.6 is 15.9 Å². The van der Waals surface area contributed by atoms with Crippen molar-refractivity contribution in [1.82, 2.24) is 0 Å². The maximum Gasteiger partial charge on any atom is 0.419 e. The van der Waals surface area contributed by atoms with Gasteiger partial charge in [0.1, 0.15) is 11.5 Å². The molecule has 2 rings (SSSR count). The van der Waals surface area contributed by atoms with Crippen molar-refractivity contribution >= 4 is 21.6 Å². The third-order valence-corrected chi connectivity index (χ3v) is 3.11. The summed E-state index contributed by atoms with van der Waals surface area (Å²) >= 11 is 3.14. The van der Waals surface area contributed by atoms with E-state index < -0.39 is 11.7 Å². The molecule has 0 unspecified atom stereocenters. The van der Waals surface area contributed by atoms with Crippen LogP contribution in [0.2, 0.25) is 0 Å². The van der Waals surface area contributed by atoms with Gasteiger partial charge in [0.05, 0.1) is 5.56 Å². The molecule has 2 nitrogen and oxygen atoms in total. The highest BCUT2D eigenvalue weighted by atomic mass is 79.9. The van der Waals surface area contributed by atoms with Gasteiger partial charge in [-0.2, -0.15) is 13.2 Å². The molecule has 0 aliphatic carbocycles. The summed E-state index contributed by atoms with van der Waals surface area (Å²) < 4.78 is 44.5. The van der Waals surface area contributed by atoms with Gasteiger partial charge in [-0.25, -0.2) is 0 Å². The van der Waals surface area contributed by atoms with Gasteiger partial charge in [0, 0.05) is 17.2 Å². The number of alkyl halides is 3. The van der Waals surface area contributed by atoms with E-state index in [1.54, 1.807) is 31.3 Å². The summed E-state index contributed by atoms with van der Waals surface area (Å²) in [4.78, 5) is 0. The quantitative estimate of drug-likeness (QED) is 0.814. The molecule has 0 saturated heterocycles. The Hall–Kier alpha value is -1.69. The van der Waals surface area contributed by atoms with Gasteiger partial charge >= 0.3 is 6.18 Å². The molecule has 1 N–H and O–H groups in total. The van der Waals surface area contributed by atoms with Crippen molar-refractivity contribution in [2.45, 2.75) is 6.18 Å². The van der Waals surface area contributed by atoms with Crippen molar-refractivity contribution in [2.75, 3.05) is 12.4 Å². The van der Waals surface area contributed by atoms with Crippen LogP contribution in [0.25, 0.3) is 0 Å². The second kappa shape index (κ2) is 5.75. The molecule has 0 atom stereocenters. The molecule has 0 heterocycles. The van der Waals surface area contributed by atoms with Crippen molar-refractivity contribution in [3.63, 3.8) is 0 Å². The topological polar surface area (TPSA) is 21.3 Å². The summed E-state index contributed by atoms with van der Waals surface area (Å²) in [5.41, 5.74) is 0.0426. The molecule has 2 aromatic rings. The second-order valence-electron chi connectivity index (χ2n) is 4.01. The highest BCUT2D eigenvalue weighted by Gasteiger charge is 2.34. The number of ether oxygens (including phenoxy) is 1. The first-order chi connectivity index (χ1) is 9.40. The van der Waals surface area contributed by atoms with Crippen molar-refractivity contribution in [3.05, 3.63) is 52.5 Å². The van der Waals surface area contributed by atoms with Crippen LogP contribution in [-0.2, 0) is 6.18 Å². The molecule has 2 aromatic carbocycles. The van der Waals surface area contributed by atoms with Gasteiger partial charge in [-0.1, -0.05) is 15.9 Å². The molecular weight excluding hydrogens is 335 g/mol. The van der Waals surface area contributed by atoms with Crippen LogP contribution in [0.1, 0.15) is 5.56 Å². The maximum atomic E-state index is 12.9. The number of anilines is 1. The average molecular weight is 346 g/mol. The van der Waals surface area contributed by atoms with E-state index in [-0.39, 0.29) is 5.75 Å². The van der Waals surface area contributed by atoms with E-state index >= 15 is 0 Å². The molecule has 0 aromatic heterocycles. The van der Waals surface area contributed by atoms with Crippen LogP contribution in [0, 0.1) is 0 Å². The van der Waals surface area contributed by atoms with Crippen LogP contribution in [0.5, 0.6) is 11.5 Å². The Kier molecular flexibility index (Phi) is 4.23. The van der Waals surface area contributed by atoms with Crippen molar-refractivity contribution in [2.24, 2.45) is 0 Å². The lowest BCUT2D eigenvalue weighted by Gasteiger charge is -2.14. The third-order valence-electron chi connectivity index (χ3n) is 2.62. The Morgan fingerprint density at radius 2 is 1.70 bits per heavy atom. The van der Waals surface area contributed by atoms with E-state index in [0.717, 1.165) is 11.8 Å². The first-order valence-electron chi connectivity index (χ1n) is 5.72. The molecule has 0 radical (unpaired) electrons. The zero-order valence-electron chi connectivity index (χ0n) is 10.5. The van der Waals surface area contributed by atoms with Gasteiger partial charge in [0.15, 0.2) is 0 Å². The second-order valence-corrected chi connectivity index (χ2v) is 4.93. The number of halogens is 4. The Labute approximate surface area is 122 Å². The minimum Gasteiger partial charge on any atom is -0.457 e. The summed E-state index contributed by atoms with van der Waals surface area (Å²) in [7, 11) is 1.76. The Bertz CT molecular complexity index is 596. The molecule has 0 aliphatic rings. The molecule has 0 spiro atoms. The van der Waals surface area contributed by atoms with Gasteiger partial charge in [0.25, 0.3) is 0 Å².